The Hall–Kier alpha value is -2.17. The molecular weight excluding hydrogens is 223 g/mol. The van der Waals surface area contributed by atoms with Gasteiger partial charge in [-0.3, -0.25) is 4.79 Å². The van der Waals surface area contributed by atoms with Gasteiger partial charge in [-0.2, -0.15) is 0 Å². The van der Waals surface area contributed by atoms with Gasteiger partial charge in [0.2, 0.25) is 0 Å². The molecule has 2 aromatic rings. The van der Waals surface area contributed by atoms with Crippen LogP contribution in [0.15, 0.2) is 36.7 Å². The molecular formula is C12H11FN2O2. The molecule has 0 radical (unpaired) electrons. The van der Waals surface area contributed by atoms with Gasteiger partial charge < -0.3 is 9.67 Å². The fourth-order valence-corrected chi connectivity index (χ4v) is 1.71. The quantitative estimate of drug-likeness (QED) is 0.880. The summed E-state index contributed by atoms with van der Waals surface area (Å²) in [5.41, 5.74) is 0.508. The van der Waals surface area contributed by atoms with Crippen molar-refractivity contribution in [2.75, 3.05) is 0 Å². The monoisotopic (exact) mass is 234 g/mol. The number of aliphatic carboxylic acids is 1. The van der Waals surface area contributed by atoms with Crippen molar-refractivity contribution < 1.29 is 14.3 Å². The minimum Gasteiger partial charge on any atom is -0.480 e. The van der Waals surface area contributed by atoms with Gasteiger partial charge in [-0.25, -0.2) is 9.37 Å². The summed E-state index contributed by atoms with van der Waals surface area (Å²) in [7, 11) is 1.72. The van der Waals surface area contributed by atoms with E-state index < -0.39 is 17.7 Å². The summed E-state index contributed by atoms with van der Waals surface area (Å²) in [5.74, 6) is -1.86. The summed E-state index contributed by atoms with van der Waals surface area (Å²) in [4.78, 5) is 15.3. The Morgan fingerprint density at radius 2 is 2.06 bits per heavy atom. The second-order valence-electron chi connectivity index (χ2n) is 3.72. The molecule has 0 saturated carbocycles. The average molecular weight is 234 g/mol. The first-order chi connectivity index (χ1) is 8.09. The molecule has 0 aliphatic carbocycles. The lowest BCUT2D eigenvalue weighted by Gasteiger charge is -2.12. The number of imidazole rings is 1. The molecule has 0 aliphatic heterocycles. The molecule has 0 saturated heterocycles. The molecule has 2 rings (SSSR count). The van der Waals surface area contributed by atoms with Crippen LogP contribution in [0.5, 0.6) is 0 Å². The van der Waals surface area contributed by atoms with Crippen LogP contribution >= 0.6 is 0 Å². The van der Waals surface area contributed by atoms with E-state index in [0.29, 0.717) is 11.4 Å². The Labute approximate surface area is 97.3 Å². The van der Waals surface area contributed by atoms with Gasteiger partial charge in [0.1, 0.15) is 17.6 Å². The first-order valence-corrected chi connectivity index (χ1v) is 5.05. The number of benzene rings is 1. The molecule has 1 atom stereocenters. The van der Waals surface area contributed by atoms with Gasteiger partial charge in [0.25, 0.3) is 0 Å². The fourth-order valence-electron chi connectivity index (χ4n) is 1.71. The number of nitrogens with zero attached hydrogens (tertiary/aromatic N) is 2. The Bertz CT molecular complexity index is 534. The van der Waals surface area contributed by atoms with Crippen molar-refractivity contribution in [3.8, 4) is 0 Å². The Balaban J connectivity index is 2.47. The second-order valence-corrected chi connectivity index (χ2v) is 3.72. The molecule has 0 amide bonds. The lowest BCUT2D eigenvalue weighted by Crippen LogP contribution is -2.17. The van der Waals surface area contributed by atoms with Gasteiger partial charge in [0, 0.05) is 19.4 Å². The lowest BCUT2D eigenvalue weighted by atomic mass is 9.98. The van der Waals surface area contributed by atoms with Crippen LogP contribution in [-0.4, -0.2) is 20.6 Å². The maximum atomic E-state index is 12.8. The molecule has 1 aromatic heterocycles. The van der Waals surface area contributed by atoms with E-state index in [9.17, 15) is 14.3 Å². The van der Waals surface area contributed by atoms with Gasteiger partial charge in [0.15, 0.2) is 0 Å². The molecule has 5 heteroatoms. The Morgan fingerprint density at radius 1 is 1.41 bits per heavy atom. The largest absolute Gasteiger partial charge is 0.480 e. The number of hydrogen-bond acceptors (Lipinski definition) is 2. The molecule has 17 heavy (non-hydrogen) atoms. The normalized spacial score (nSPS) is 12.4. The highest BCUT2D eigenvalue weighted by Crippen LogP contribution is 2.23. The number of halogens is 1. The SMILES string of the molecule is Cn1ccnc1C(C(=O)O)c1ccc(F)cc1. The Morgan fingerprint density at radius 3 is 2.53 bits per heavy atom. The summed E-state index contributed by atoms with van der Waals surface area (Å²) < 4.78 is 14.4. The summed E-state index contributed by atoms with van der Waals surface area (Å²) in [5, 5.41) is 9.25. The van der Waals surface area contributed by atoms with E-state index in [2.05, 4.69) is 4.98 Å². The van der Waals surface area contributed by atoms with Crippen molar-refractivity contribution in [3.63, 3.8) is 0 Å². The molecule has 88 valence electrons. The molecule has 1 unspecified atom stereocenters. The summed E-state index contributed by atoms with van der Waals surface area (Å²) in [6, 6.07) is 5.41. The smallest absolute Gasteiger partial charge is 0.318 e. The summed E-state index contributed by atoms with van der Waals surface area (Å²) in [6.07, 6.45) is 3.21. The van der Waals surface area contributed by atoms with E-state index in [1.165, 1.54) is 30.5 Å². The van der Waals surface area contributed by atoms with E-state index in [-0.39, 0.29) is 0 Å². The van der Waals surface area contributed by atoms with Crippen LogP contribution in [0.4, 0.5) is 4.39 Å². The molecule has 4 nitrogen and oxygen atoms in total. The minimum atomic E-state index is -1.01. The van der Waals surface area contributed by atoms with Crippen molar-refractivity contribution in [2.24, 2.45) is 7.05 Å². The van der Waals surface area contributed by atoms with Crippen molar-refractivity contribution in [1.29, 1.82) is 0 Å². The minimum absolute atomic E-state index is 0.391. The van der Waals surface area contributed by atoms with E-state index >= 15 is 0 Å². The molecule has 0 bridgehead atoms. The van der Waals surface area contributed by atoms with Crippen molar-refractivity contribution >= 4 is 5.97 Å². The predicted molar refractivity (Wildman–Crippen MR) is 59.1 cm³/mol. The third-order valence-electron chi connectivity index (χ3n) is 2.57. The number of hydrogen-bond donors (Lipinski definition) is 1. The third-order valence-corrected chi connectivity index (χ3v) is 2.57. The summed E-state index contributed by atoms with van der Waals surface area (Å²) in [6.45, 7) is 0. The standard InChI is InChI=1S/C12H11FN2O2/c1-15-7-6-14-11(15)10(12(16)17)8-2-4-9(13)5-3-8/h2-7,10H,1H3,(H,16,17). The van der Waals surface area contributed by atoms with Crippen LogP contribution in [0.3, 0.4) is 0 Å². The van der Waals surface area contributed by atoms with E-state index in [1.54, 1.807) is 17.8 Å². The first-order valence-electron chi connectivity index (χ1n) is 5.05. The van der Waals surface area contributed by atoms with Crippen molar-refractivity contribution in [2.45, 2.75) is 5.92 Å². The van der Waals surface area contributed by atoms with Gasteiger partial charge in [-0.05, 0) is 17.7 Å². The third kappa shape index (κ3) is 2.18. The topological polar surface area (TPSA) is 55.1 Å². The maximum absolute atomic E-state index is 12.8. The molecule has 1 N–H and O–H groups in total. The van der Waals surface area contributed by atoms with Gasteiger partial charge >= 0.3 is 5.97 Å². The maximum Gasteiger partial charge on any atom is 0.318 e. The van der Waals surface area contributed by atoms with Crippen molar-refractivity contribution in [1.82, 2.24) is 9.55 Å². The highest BCUT2D eigenvalue weighted by atomic mass is 19.1. The van der Waals surface area contributed by atoms with Crippen LogP contribution in [0.2, 0.25) is 0 Å². The molecule has 1 heterocycles. The van der Waals surface area contributed by atoms with Gasteiger partial charge in [0.05, 0.1) is 0 Å². The number of carboxylic acids is 1. The van der Waals surface area contributed by atoms with E-state index in [1.807, 2.05) is 0 Å². The number of carbonyl (C=O) groups is 1. The van der Waals surface area contributed by atoms with E-state index in [4.69, 9.17) is 0 Å². The predicted octanol–water partition coefficient (Wildman–Crippen LogP) is 1.78. The molecule has 0 fully saturated rings. The lowest BCUT2D eigenvalue weighted by molar-refractivity contribution is -0.137. The zero-order valence-electron chi connectivity index (χ0n) is 9.17. The number of aromatic nitrogens is 2. The first kappa shape index (κ1) is 11.3. The fraction of sp³-hybridized carbons (Fsp3) is 0.167. The van der Waals surface area contributed by atoms with Crippen LogP contribution in [-0.2, 0) is 11.8 Å². The van der Waals surface area contributed by atoms with Crippen LogP contribution in [0.1, 0.15) is 17.3 Å². The number of rotatable bonds is 3. The highest BCUT2D eigenvalue weighted by Gasteiger charge is 2.25. The zero-order valence-corrected chi connectivity index (χ0v) is 9.17. The summed E-state index contributed by atoms with van der Waals surface area (Å²) >= 11 is 0. The zero-order chi connectivity index (χ0) is 12.4. The molecule has 0 aliphatic rings. The van der Waals surface area contributed by atoms with Crippen LogP contribution in [0.25, 0.3) is 0 Å². The molecule has 1 aromatic carbocycles. The van der Waals surface area contributed by atoms with Crippen LogP contribution < -0.4 is 0 Å². The average Bonchev–Trinajstić information content (AvgIpc) is 2.68. The van der Waals surface area contributed by atoms with Crippen LogP contribution in [0, 0.1) is 5.82 Å². The number of aryl methyl sites for hydroxylation is 1. The van der Waals surface area contributed by atoms with Gasteiger partial charge in [-0.1, -0.05) is 12.1 Å². The Kier molecular flexibility index (Phi) is 2.91. The van der Waals surface area contributed by atoms with E-state index in [0.717, 1.165) is 0 Å². The molecule has 0 spiro atoms. The highest BCUT2D eigenvalue weighted by molar-refractivity contribution is 5.79. The van der Waals surface area contributed by atoms with Gasteiger partial charge in [-0.15, -0.1) is 0 Å². The van der Waals surface area contributed by atoms with Crippen molar-refractivity contribution in [3.05, 3.63) is 53.9 Å². The second kappa shape index (κ2) is 4.37. The number of carboxylic acid groups (broad SMARTS) is 1.